The molecule has 1 aromatic heterocycles. The molecule has 0 unspecified atom stereocenters. The fourth-order valence-corrected chi connectivity index (χ4v) is 4.52. The fourth-order valence-electron chi connectivity index (χ4n) is 3.16. The SMILES string of the molecule is CCCC(=O)N(CCCN1CCOCC1)c1nc2c(C)ccc(Cl)c2s1.Cl. The van der Waals surface area contributed by atoms with Gasteiger partial charge in [0, 0.05) is 32.6 Å². The van der Waals surface area contributed by atoms with Gasteiger partial charge in [0.2, 0.25) is 5.91 Å². The number of aromatic nitrogens is 1. The van der Waals surface area contributed by atoms with E-state index in [0.717, 1.165) is 66.6 Å². The Balaban J connectivity index is 0.00000261. The van der Waals surface area contributed by atoms with Crippen LogP contribution in [0.25, 0.3) is 10.2 Å². The van der Waals surface area contributed by atoms with Crippen LogP contribution in [0.15, 0.2) is 12.1 Å². The Labute approximate surface area is 176 Å². The molecular formula is C19H27Cl2N3O2S. The number of fused-ring (bicyclic) bond motifs is 1. The molecule has 0 atom stereocenters. The quantitative estimate of drug-likeness (QED) is 0.645. The first-order chi connectivity index (χ1) is 12.6. The van der Waals surface area contributed by atoms with Gasteiger partial charge in [0.25, 0.3) is 0 Å². The summed E-state index contributed by atoms with van der Waals surface area (Å²) in [4.78, 5) is 21.7. The van der Waals surface area contributed by atoms with Crippen molar-refractivity contribution in [1.82, 2.24) is 9.88 Å². The second kappa shape index (κ2) is 10.6. The zero-order chi connectivity index (χ0) is 18.5. The van der Waals surface area contributed by atoms with Crippen molar-refractivity contribution in [1.29, 1.82) is 0 Å². The predicted octanol–water partition coefficient (Wildman–Crippen LogP) is 4.54. The van der Waals surface area contributed by atoms with Crippen molar-refractivity contribution in [3.8, 4) is 0 Å². The molecule has 0 aliphatic carbocycles. The summed E-state index contributed by atoms with van der Waals surface area (Å²) in [6, 6.07) is 3.88. The minimum Gasteiger partial charge on any atom is -0.379 e. The number of hydrogen-bond donors (Lipinski definition) is 0. The molecule has 1 saturated heterocycles. The van der Waals surface area contributed by atoms with Gasteiger partial charge < -0.3 is 4.74 Å². The number of hydrogen-bond acceptors (Lipinski definition) is 5. The number of amides is 1. The maximum absolute atomic E-state index is 12.7. The van der Waals surface area contributed by atoms with Crippen LogP contribution in [0.5, 0.6) is 0 Å². The highest BCUT2D eigenvalue weighted by atomic mass is 35.5. The van der Waals surface area contributed by atoms with E-state index in [1.165, 1.54) is 11.3 Å². The van der Waals surface area contributed by atoms with Crippen molar-refractivity contribution in [2.75, 3.05) is 44.3 Å². The van der Waals surface area contributed by atoms with Crippen LogP contribution in [-0.4, -0.2) is 55.2 Å². The Hall–Kier alpha value is -0.920. The van der Waals surface area contributed by atoms with E-state index in [1.807, 2.05) is 30.9 Å². The molecule has 1 amide bonds. The summed E-state index contributed by atoms with van der Waals surface area (Å²) >= 11 is 7.86. The first-order valence-electron chi connectivity index (χ1n) is 9.26. The number of halogens is 2. The highest BCUT2D eigenvalue weighted by Gasteiger charge is 2.21. The lowest BCUT2D eigenvalue weighted by Crippen LogP contribution is -2.39. The van der Waals surface area contributed by atoms with Crippen LogP contribution in [-0.2, 0) is 9.53 Å². The molecule has 27 heavy (non-hydrogen) atoms. The third kappa shape index (κ3) is 5.55. The van der Waals surface area contributed by atoms with E-state index >= 15 is 0 Å². The van der Waals surface area contributed by atoms with Crippen LogP contribution < -0.4 is 4.90 Å². The van der Waals surface area contributed by atoms with Crippen LogP contribution in [0.2, 0.25) is 5.02 Å². The Morgan fingerprint density at radius 3 is 2.78 bits per heavy atom. The summed E-state index contributed by atoms with van der Waals surface area (Å²) in [6.45, 7) is 9.26. The standard InChI is InChI=1S/C19H26ClN3O2S.ClH/c1-3-5-16(24)23(9-4-8-22-10-12-25-13-11-22)19-21-17-14(2)6-7-15(20)18(17)26-19;/h6-7H,3-5,8-13H2,1-2H3;1H. The number of anilines is 1. The first-order valence-corrected chi connectivity index (χ1v) is 10.5. The summed E-state index contributed by atoms with van der Waals surface area (Å²) < 4.78 is 6.36. The molecule has 1 aliphatic rings. The monoisotopic (exact) mass is 431 g/mol. The summed E-state index contributed by atoms with van der Waals surface area (Å²) in [7, 11) is 0. The van der Waals surface area contributed by atoms with Gasteiger partial charge in [-0.25, -0.2) is 4.98 Å². The molecule has 5 nitrogen and oxygen atoms in total. The highest BCUT2D eigenvalue weighted by molar-refractivity contribution is 7.23. The van der Waals surface area contributed by atoms with Gasteiger partial charge in [-0.1, -0.05) is 35.9 Å². The third-order valence-corrected chi connectivity index (χ3v) is 6.18. The number of carbonyl (C=O) groups is 1. The number of carbonyl (C=O) groups excluding carboxylic acids is 1. The number of nitrogens with zero attached hydrogens (tertiary/aromatic N) is 3. The number of morpholine rings is 1. The Kier molecular flexibility index (Phi) is 8.76. The molecule has 1 aromatic carbocycles. The van der Waals surface area contributed by atoms with Gasteiger partial charge in [0.05, 0.1) is 28.5 Å². The van der Waals surface area contributed by atoms with Gasteiger partial charge in [-0.15, -0.1) is 12.4 Å². The van der Waals surface area contributed by atoms with E-state index in [-0.39, 0.29) is 18.3 Å². The molecular weight excluding hydrogens is 405 g/mol. The summed E-state index contributed by atoms with van der Waals surface area (Å²) in [5.41, 5.74) is 1.99. The number of rotatable bonds is 7. The largest absolute Gasteiger partial charge is 0.379 e. The maximum atomic E-state index is 12.7. The van der Waals surface area contributed by atoms with E-state index in [1.54, 1.807) is 0 Å². The van der Waals surface area contributed by atoms with E-state index in [9.17, 15) is 4.79 Å². The molecule has 1 fully saturated rings. The second-order valence-electron chi connectivity index (χ2n) is 6.64. The van der Waals surface area contributed by atoms with Crippen LogP contribution in [0, 0.1) is 6.92 Å². The van der Waals surface area contributed by atoms with Crippen molar-refractivity contribution in [2.24, 2.45) is 0 Å². The molecule has 0 spiro atoms. The highest BCUT2D eigenvalue weighted by Crippen LogP contribution is 2.35. The topological polar surface area (TPSA) is 45.7 Å². The van der Waals surface area contributed by atoms with Crippen LogP contribution in [0.1, 0.15) is 31.7 Å². The van der Waals surface area contributed by atoms with Crippen molar-refractivity contribution in [3.05, 3.63) is 22.7 Å². The zero-order valence-corrected chi connectivity index (χ0v) is 18.3. The smallest absolute Gasteiger partial charge is 0.228 e. The van der Waals surface area contributed by atoms with Gasteiger partial charge >= 0.3 is 0 Å². The molecule has 2 aromatic rings. The lowest BCUT2D eigenvalue weighted by Gasteiger charge is -2.27. The Morgan fingerprint density at radius 1 is 1.37 bits per heavy atom. The molecule has 2 heterocycles. The zero-order valence-electron chi connectivity index (χ0n) is 15.9. The second-order valence-corrected chi connectivity index (χ2v) is 8.03. The van der Waals surface area contributed by atoms with Crippen molar-refractivity contribution < 1.29 is 9.53 Å². The first kappa shape index (κ1) is 22.4. The van der Waals surface area contributed by atoms with Gasteiger partial charge in [0.1, 0.15) is 0 Å². The van der Waals surface area contributed by atoms with Crippen molar-refractivity contribution >= 4 is 56.6 Å². The minimum atomic E-state index is 0. The third-order valence-electron chi connectivity index (χ3n) is 4.64. The fraction of sp³-hybridized carbons (Fsp3) is 0.579. The molecule has 0 bridgehead atoms. The molecule has 0 radical (unpaired) electrons. The van der Waals surface area contributed by atoms with Gasteiger partial charge in [-0.05, 0) is 31.4 Å². The van der Waals surface area contributed by atoms with Crippen molar-refractivity contribution in [2.45, 2.75) is 33.1 Å². The number of ether oxygens (including phenoxy) is 1. The minimum absolute atomic E-state index is 0. The normalized spacial score (nSPS) is 14.9. The molecule has 0 saturated carbocycles. The van der Waals surface area contributed by atoms with Gasteiger partial charge in [-0.3, -0.25) is 14.6 Å². The summed E-state index contributed by atoms with van der Waals surface area (Å²) in [5, 5.41) is 1.46. The van der Waals surface area contributed by atoms with E-state index in [0.29, 0.717) is 18.0 Å². The average molecular weight is 432 g/mol. The summed E-state index contributed by atoms with van der Waals surface area (Å²) in [6.07, 6.45) is 2.31. The molecule has 3 rings (SSSR count). The van der Waals surface area contributed by atoms with E-state index < -0.39 is 0 Å². The van der Waals surface area contributed by atoms with Crippen LogP contribution in [0.4, 0.5) is 5.13 Å². The predicted molar refractivity (Wildman–Crippen MR) is 116 cm³/mol. The Bertz CT molecular complexity index is 724. The van der Waals surface area contributed by atoms with Crippen molar-refractivity contribution in [3.63, 3.8) is 0 Å². The molecule has 0 N–H and O–H groups in total. The average Bonchev–Trinajstić information content (AvgIpc) is 3.09. The van der Waals surface area contributed by atoms with E-state index in [4.69, 9.17) is 21.3 Å². The lowest BCUT2D eigenvalue weighted by atomic mass is 10.2. The number of aryl methyl sites for hydroxylation is 1. The number of benzene rings is 1. The molecule has 150 valence electrons. The maximum Gasteiger partial charge on any atom is 0.228 e. The lowest BCUT2D eigenvalue weighted by molar-refractivity contribution is -0.118. The molecule has 8 heteroatoms. The number of thiazole rings is 1. The van der Waals surface area contributed by atoms with Crippen LogP contribution in [0.3, 0.4) is 0 Å². The Morgan fingerprint density at radius 2 is 2.11 bits per heavy atom. The summed E-state index contributed by atoms with van der Waals surface area (Å²) in [5.74, 6) is 0.141. The van der Waals surface area contributed by atoms with E-state index in [2.05, 4.69) is 4.90 Å². The molecule has 1 aliphatic heterocycles. The van der Waals surface area contributed by atoms with Crippen LogP contribution >= 0.6 is 35.3 Å². The van der Waals surface area contributed by atoms with Gasteiger partial charge in [0.15, 0.2) is 5.13 Å². The van der Waals surface area contributed by atoms with Gasteiger partial charge in [-0.2, -0.15) is 0 Å².